The van der Waals surface area contributed by atoms with E-state index in [0.717, 1.165) is 20.8 Å². The Labute approximate surface area is 136 Å². The van der Waals surface area contributed by atoms with Gasteiger partial charge in [-0.15, -0.1) is 0 Å². The van der Waals surface area contributed by atoms with Crippen LogP contribution in [0.1, 0.15) is 17.4 Å². The van der Waals surface area contributed by atoms with Gasteiger partial charge < -0.3 is 5.11 Å². The van der Waals surface area contributed by atoms with Crippen LogP contribution in [0.25, 0.3) is 10.8 Å². The summed E-state index contributed by atoms with van der Waals surface area (Å²) in [5.74, 6) is 0. The van der Waals surface area contributed by atoms with E-state index in [1.165, 1.54) is 0 Å². The van der Waals surface area contributed by atoms with Crippen molar-refractivity contribution in [3.05, 3.63) is 75.5 Å². The fourth-order valence-corrected chi connectivity index (χ4v) is 3.15. The first-order valence-corrected chi connectivity index (χ1v) is 7.78. The summed E-state index contributed by atoms with van der Waals surface area (Å²) in [6.07, 6.45) is 1.48. The molecular formula is C17H13BrClNO. The quantitative estimate of drug-likeness (QED) is 0.717. The highest BCUT2D eigenvalue weighted by Crippen LogP contribution is 2.28. The molecule has 1 heterocycles. The van der Waals surface area contributed by atoms with Crippen molar-refractivity contribution in [2.45, 2.75) is 12.5 Å². The van der Waals surface area contributed by atoms with Gasteiger partial charge in [-0.05, 0) is 29.1 Å². The minimum atomic E-state index is -0.685. The van der Waals surface area contributed by atoms with Crippen LogP contribution in [0.15, 0.2) is 59.2 Å². The predicted octanol–water partition coefficient (Wildman–Crippen LogP) is 4.93. The number of aromatic nitrogens is 1. The first-order valence-electron chi connectivity index (χ1n) is 6.61. The lowest BCUT2D eigenvalue weighted by molar-refractivity contribution is 0.175. The van der Waals surface area contributed by atoms with Gasteiger partial charge in [0.15, 0.2) is 0 Å². The lowest BCUT2D eigenvalue weighted by Gasteiger charge is -2.14. The lowest BCUT2D eigenvalue weighted by atomic mass is 10.0. The molecule has 3 aromatic rings. The van der Waals surface area contributed by atoms with Crippen LogP contribution >= 0.6 is 27.5 Å². The number of benzene rings is 2. The first-order chi connectivity index (χ1) is 10.1. The molecule has 0 aliphatic rings. The summed E-state index contributed by atoms with van der Waals surface area (Å²) >= 11 is 9.60. The molecule has 1 atom stereocenters. The third kappa shape index (κ3) is 3.10. The smallest absolute Gasteiger partial charge is 0.101 e. The zero-order valence-corrected chi connectivity index (χ0v) is 13.5. The Morgan fingerprint density at radius 3 is 2.76 bits per heavy atom. The van der Waals surface area contributed by atoms with Gasteiger partial charge in [-0.3, -0.25) is 4.98 Å². The average Bonchev–Trinajstić information content (AvgIpc) is 2.49. The fraction of sp³-hybridized carbons (Fsp3) is 0.118. The highest BCUT2D eigenvalue weighted by Gasteiger charge is 2.15. The van der Waals surface area contributed by atoms with Gasteiger partial charge in [-0.25, -0.2) is 0 Å². The Morgan fingerprint density at radius 1 is 1.14 bits per heavy atom. The van der Waals surface area contributed by atoms with Crippen LogP contribution in [-0.4, -0.2) is 10.1 Å². The summed E-state index contributed by atoms with van der Waals surface area (Å²) in [5, 5.41) is 13.2. The van der Waals surface area contributed by atoms with Crippen LogP contribution in [0.4, 0.5) is 0 Å². The SMILES string of the molecule is OC(Cc1ccc(Br)cc1Cl)c1nccc2ccccc12. The summed E-state index contributed by atoms with van der Waals surface area (Å²) in [4.78, 5) is 4.35. The van der Waals surface area contributed by atoms with E-state index in [1.54, 1.807) is 6.20 Å². The number of fused-ring (bicyclic) bond motifs is 1. The molecule has 0 saturated carbocycles. The minimum absolute atomic E-state index is 0.438. The van der Waals surface area contributed by atoms with E-state index < -0.39 is 6.10 Å². The Kier molecular flexibility index (Phi) is 4.24. The maximum Gasteiger partial charge on any atom is 0.101 e. The highest BCUT2D eigenvalue weighted by atomic mass is 79.9. The molecule has 0 bridgehead atoms. The number of aliphatic hydroxyl groups excluding tert-OH is 1. The number of aliphatic hydroxyl groups is 1. The van der Waals surface area contributed by atoms with Crippen molar-refractivity contribution >= 4 is 38.3 Å². The number of nitrogens with zero attached hydrogens (tertiary/aromatic N) is 1. The number of hydrogen-bond acceptors (Lipinski definition) is 2. The highest BCUT2D eigenvalue weighted by molar-refractivity contribution is 9.10. The topological polar surface area (TPSA) is 33.1 Å². The van der Waals surface area contributed by atoms with Crippen molar-refractivity contribution in [1.29, 1.82) is 0 Å². The number of halogens is 2. The van der Waals surface area contributed by atoms with Gasteiger partial charge in [0.2, 0.25) is 0 Å². The maximum atomic E-state index is 10.5. The van der Waals surface area contributed by atoms with Crippen molar-refractivity contribution in [3.8, 4) is 0 Å². The van der Waals surface area contributed by atoms with Crippen LogP contribution in [0, 0.1) is 0 Å². The van der Waals surface area contributed by atoms with Gasteiger partial charge in [0.05, 0.1) is 5.69 Å². The monoisotopic (exact) mass is 361 g/mol. The Bertz CT molecular complexity index is 785. The third-order valence-corrected chi connectivity index (χ3v) is 4.29. The van der Waals surface area contributed by atoms with E-state index in [1.807, 2.05) is 48.5 Å². The summed E-state index contributed by atoms with van der Waals surface area (Å²) in [6, 6.07) is 15.5. The second-order valence-corrected chi connectivity index (χ2v) is 6.20. The fourth-order valence-electron chi connectivity index (χ4n) is 2.40. The number of pyridine rings is 1. The van der Waals surface area contributed by atoms with Gasteiger partial charge in [-0.2, -0.15) is 0 Å². The standard InChI is InChI=1S/C17H13BrClNO/c18-13-6-5-12(15(19)10-13)9-16(21)17-14-4-2-1-3-11(14)7-8-20-17/h1-8,10,16,21H,9H2. The van der Waals surface area contributed by atoms with Gasteiger partial charge in [0.1, 0.15) is 6.10 Å². The van der Waals surface area contributed by atoms with Gasteiger partial charge in [0.25, 0.3) is 0 Å². The van der Waals surface area contributed by atoms with E-state index in [4.69, 9.17) is 11.6 Å². The molecule has 0 fully saturated rings. The zero-order chi connectivity index (χ0) is 14.8. The molecule has 1 unspecified atom stereocenters. The lowest BCUT2D eigenvalue weighted by Crippen LogP contribution is -2.05. The van der Waals surface area contributed by atoms with Crippen LogP contribution in [0.3, 0.4) is 0 Å². The van der Waals surface area contributed by atoms with Crippen LogP contribution < -0.4 is 0 Å². The minimum Gasteiger partial charge on any atom is -0.386 e. The molecule has 4 heteroatoms. The van der Waals surface area contributed by atoms with Crippen molar-refractivity contribution in [1.82, 2.24) is 4.98 Å². The second-order valence-electron chi connectivity index (χ2n) is 4.87. The molecule has 1 N–H and O–H groups in total. The molecule has 3 rings (SSSR count). The number of rotatable bonds is 3. The molecule has 21 heavy (non-hydrogen) atoms. The van der Waals surface area contributed by atoms with E-state index in [-0.39, 0.29) is 0 Å². The molecule has 0 amide bonds. The summed E-state index contributed by atoms with van der Waals surface area (Å²) in [6.45, 7) is 0. The van der Waals surface area contributed by atoms with Crippen molar-refractivity contribution < 1.29 is 5.11 Å². The van der Waals surface area contributed by atoms with Gasteiger partial charge in [-0.1, -0.05) is 57.9 Å². The van der Waals surface area contributed by atoms with Crippen LogP contribution in [0.5, 0.6) is 0 Å². The molecule has 0 radical (unpaired) electrons. The third-order valence-electron chi connectivity index (χ3n) is 3.45. The van der Waals surface area contributed by atoms with Crippen molar-refractivity contribution in [2.24, 2.45) is 0 Å². The normalized spacial score (nSPS) is 12.5. The molecule has 2 aromatic carbocycles. The summed E-state index contributed by atoms with van der Waals surface area (Å²) in [5.41, 5.74) is 1.59. The molecular weight excluding hydrogens is 350 g/mol. The van der Waals surface area contributed by atoms with E-state index >= 15 is 0 Å². The molecule has 0 saturated heterocycles. The Balaban J connectivity index is 1.95. The van der Waals surface area contributed by atoms with Crippen LogP contribution in [-0.2, 0) is 6.42 Å². The average molecular weight is 363 g/mol. The van der Waals surface area contributed by atoms with E-state index in [9.17, 15) is 5.11 Å². The molecule has 106 valence electrons. The Morgan fingerprint density at radius 2 is 1.95 bits per heavy atom. The molecule has 0 aliphatic heterocycles. The molecule has 1 aromatic heterocycles. The molecule has 0 spiro atoms. The zero-order valence-electron chi connectivity index (χ0n) is 11.1. The molecule has 0 aliphatic carbocycles. The predicted molar refractivity (Wildman–Crippen MR) is 89.6 cm³/mol. The first kappa shape index (κ1) is 14.5. The maximum absolute atomic E-state index is 10.5. The Hall–Kier alpha value is -1.42. The second kappa shape index (κ2) is 6.14. The van der Waals surface area contributed by atoms with Crippen molar-refractivity contribution in [3.63, 3.8) is 0 Å². The van der Waals surface area contributed by atoms with Crippen molar-refractivity contribution in [2.75, 3.05) is 0 Å². The summed E-state index contributed by atoms with van der Waals surface area (Å²) < 4.78 is 0.925. The summed E-state index contributed by atoms with van der Waals surface area (Å²) in [7, 11) is 0. The number of hydrogen-bond donors (Lipinski definition) is 1. The van der Waals surface area contributed by atoms with Gasteiger partial charge >= 0.3 is 0 Å². The van der Waals surface area contributed by atoms with E-state index in [2.05, 4.69) is 20.9 Å². The van der Waals surface area contributed by atoms with Gasteiger partial charge in [0, 0.05) is 27.5 Å². The van der Waals surface area contributed by atoms with E-state index in [0.29, 0.717) is 17.1 Å². The largest absolute Gasteiger partial charge is 0.386 e. The molecule has 2 nitrogen and oxygen atoms in total. The van der Waals surface area contributed by atoms with Crippen LogP contribution in [0.2, 0.25) is 5.02 Å².